The molecule has 0 atom stereocenters. The number of methoxy groups -OCH3 is 1. The third-order valence-electron chi connectivity index (χ3n) is 3.47. The molecule has 0 radical (unpaired) electrons. The largest absolute Gasteiger partial charge is 0.452 e. The highest BCUT2D eigenvalue weighted by Gasteiger charge is 2.11. The summed E-state index contributed by atoms with van der Waals surface area (Å²) in [5.74, 6) is -1.35. The van der Waals surface area contributed by atoms with Crippen LogP contribution in [-0.4, -0.2) is 38.5 Å². The van der Waals surface area contributed by atoms with Gasteiger partial charge < -0.3 is 20.1 Å². The SMILES string of the molecule is CNC(=O)c1cccc(NC(=O)COC(=O)c2ccc(COC)cc2)c1. The lowest BCUT2D eigenvalue weighted by Crippen LogP contribution is -2.22. The van der Waals surface area contributed by atoms with Crippen LogP contribution in [-0.2, 0) is 20.9 Å². The molecule has 0 aliphatic rings. The lowest BCUT2D eigenvalue weighted by Gasteiger charge is -2.08. The van der Waals surface area contributed by atoms with Crippen molar-refractivity contribution in [2.45, 2.75) is 6.61 Å². The summed E-state index contributed by atoms with van der Waals surface area (Å²) in [5.41, 5.74) is 2.13. The highest BCUT2D eigenvalue weighted by molar-refractivity contribution is 5.98. The van der Waals surface area contributed by atoms with Crippen LogP contribution in [0.1, 0.15) is 26.3 Å². The summed E-state index contributed by atoms with van der Waals surface area (Å²) >= 11 is 0. The van der Waals surface area contributed by atoms with E-state index >= 15 is 0 Å². The molecule has 7 nitrogen and oxygen atoms in total. The molecule has 0 aliphatic heterocycles. The first kappa shape index (κ1) is 19.1. The van der Waals surface area contributed by atoms with Gasteiger partial charge in [0, 0.05) is 25.4 Å². The van der Waals surface area contributed by atoms with Gasteiger partial charge in [0.1, 0.15) is 0 Å². The van der Waals surface area contributed by atoms with Crippen LogP contribution in [0.4, 0.5) is 5.69 Å². The van der Waals surface area contributed by atoms with E-state index in [1.165, 1.54) is 13.1 Å². The minimum atomic E-state index is -0.594. The van der Waals surface area contributed by atoms with Crippen LogP contribution >= 0.6 is 0 Å². The summed E-state index contributed by atoms with van der Waals surface area (Å²) in [6.07, 6.45) is 0. The molecule has 2 rings (SSSR count). The van der Waals surface area contributed by atoms with Crippen molar-refractivity contribution in [2.24, 2.45) is 0 Å². The van der Waals surface area contributed by atoms with Crippen LogP contribution in [0.5, 0.6) is 0 Å². The summed E-state index contributed by atoms with van der Waals surface area (Å²) < 4.78 is 10.00. The summed E-state index contributed by atoms with van der Waals surface area (Å²) in [7, 11) is 3.11. The van der Waals surface area contributed by atoms with E-state index in [1.54, 1.807) is 49.6 Å². The van der Waals surface area contributed by atoms with Gasteiger partial charge >= 0.3 is 5.97 Å². The quantitative estimate of drug-likeness (QED) is 0.740. The Kier molecular flexibility index (Phi) is 6.87. The predicted octanol–water partition coefficient (Wildman–Crippen LogP) is 1.99. The van der Waals surface area contributed by atoms with Crippen molar-refractivity contribution in [2.75, 3.05) is 26.1 Å². The molecule has 0 fully saturated rings. The van der Waals surface area contributed by atoms with E-state index in [0.717, 1.165) is 5.56 Å². The molecule has 0 spiro atoms. The van der Waals surface area contributed by atoms with Crippen molar-refractivity contribution < 1.29 is 23.9 Å². The number of hydrogen-bond acceptors (Lipinski definition) is 5. The van der Waals surface area contributed by atoms with Crippen LogP contribution in [0.15, 0.2) is 48.5 Å². The second-order valence-electron chi connectivity index (χ2n) is 5.41. The average Bonchev–Trinajstić information content (AvgIpc) is 2.66. The molecule has 0 saturated carbocycles. The van der Waals surface area contributed by atoms with E-state index in [1.807, 2.05) is 0 Å². The van der Waals surface area contributed by atoms with Crippen molar-refractivity contribution in [1.82, 2.24) is 5.32 Å². The number of carbonyl (C=O) groups excluding carboxylic acids is 3. The van der Waals surface area contributed by atoms with E-state index in [2.05, 4.69) is 10.6 Å². The zero-order valence-corrected chi connectivity index (χ0v) is 14.6. The van der Waals surface area contributed by atoms with Gasteiger partial charge in [-0.2, -0.15) is 0 Å². The Morgan fingerprint density at radius 2 is 1.73 bits per heavy atom. The monoisotopic (exact) mass is 356 g/mol. The number of amides is 2. The lowest BCUT2D eigenvalue weighted by molar-refractivity contribution is -0.119. The molecular weight excluding hydrogens is 336 g/mol. The smallest absolute Gasteiger partial charge is 0.338 e. The fourth-order valence-corrected chi connectivity index (χ4v) is 2.20. The van der Waals surface area contributed by atoms with Crippen molar-refractivity contribution in [3.05, 3.63) is 65.2 Å². The second-order valence-corrected chi connectivity index (χ2v) is 5.41. The number of esters is 1. The van der Waals surface area contributed by atoms with Crippen molar-refractivity contribution in [3.8, 4) is 0 Å². The minimum Gasteiger partial charge on any atom is -0.452 e. The maximum Gasteiger partial charge on any atom is 0.338 e. The summed E-state index contributed by atoms with van der Waals surface area (Å²) in [5, 5.41) is 5.08. The first-order chi connectivity index (χ1) is 12.5. The molecule has 2 N–H and O–H groups in total. The molecule has 2 aromatic rings. The summed E-state index contributed by atoms with van der Waals surface area (Å²) in [6.45, 7) is 0.0235. The molecule has 0 heterocycles. The number of anilines is 1. The van der Waals surface area contributed by atoms with E-state index in [4.69, 9.17) is 9.47 Å². The minimum absolute atomic E-state index is 0.260. The van der Waals surface area contributed by atoms with Crippen molar-refractivity contribution in [1.29, 1.82) is 0 Å². The molecule has 2 amide bonds. The standard InChI is InChI=1S/C19H20N2O5/c1-20-18(23)15-4-3-5-16(10-15)21-17(22)12-26-19(24)14-8-6-13(7-9-14)11-25-2/h3-10H,11-12H2,1-2H3,(H,20,23)(H,21,22). The van der Waals surface area contributed by atoms with Crippen LogP contribution < -0.4 is 10.6 Å². The van der Waals surface area contributed by atoms with Gasteiger partial charge in [-0.3, -0.25) is 9.59 Å². The van der Waals surface area contributed by atoms with Gasteiger partial charge in [0.25, 0.3) is 11.8 Å². The fourth-order valence-electron chi connectivity index (χ4n) is 2.20. The van der Waals surface area contributed by atoms with E-state index in [9.17, 15) is 14.4 Å². The Morgan fingerprint density at radius 1 is 1.00 bits per heavy atom. The molecule has 136 valence electrons. The molecule has 0 aliphatic carbocycles. The first-order valence-electron chi connectivity index (χ1n) is 7.90. The highest BCUT2D eigenvalue weighted by atomic mass is 16.5. The summed E-state index contributed by atoms with van der Waals surface area (Å²) in [6, 6.07) is 13.2. The number of benzene rings is 2. The summed E-state index contributed by atoms with van der Waals surface area (Å²) in [4.78, 5) is 35.5. The Bertz CT molecular complexity index is 787. The second kappa shape index (κ2) is 9.33. The molecule has 26 heavy (non-hydrogen) atoms. The van der Waals surface area contributed by atoms with Gasteiger partial charge in [0.05, 0.1) is 12.2 Å². The maximum absolute atomic E-state index is 12.0. The van der Waals surface area contributed by atoms with Crippen LogP contribution in [0.3, 0.4) is 0 Å². The number of carbonyl (C=O) groups is 3. The Balaban J connectivity index is 1.88. The van der Waals surface area contributed by atoms with Gasteiger partial charge in [0.15, 0.2) is 6.61 Å². The van der Waals surface area contributed by atoms with E-state index in [-0.39, 0.29) is 5.91 Å². The third-order valence-corrected chi connectivity index (χ3v) is 3.47. The Hall–Kier alpha value is -3.19. The van der Waals surface area contributed by atoms with Gasteiger partial charge in [-0.1, -0.05) is 18.2 Å². The third kappa shape index (κ3) is 5.42. The van der Waals surface area contributed by atoms with Gasteiger partial charge in [-0.15, -0.1) is 0 Å². The number of ether oxygens (including phenoxy) is 2. The van der Waals surface area contributed by atoms with Crippen molar-refractivity contribution in [3.63, 3.8) is 0 Å². The maximum atomic E-state index is 12.0. The van der Waals surface area contributed by atoms with E-state index in [0.29, 0.717) is 23.4 Å². The van der Waals surface area contributed by atoms with Gasteiger partial charge in [-0.25, -0.2) is 4.79 Å². The molecule has 0 unspecified atom stereocenters. The number of nitrogens with one attached hydrogen (secondary N) is 2. The molecular formula is C19H20N2O5. The number of hydrogen-bond donors (Lipinski definition) is 2. The predicted molar refractivity (Wildman–Crippen MR) is 95.9 cm³/mol. The van der Waals surface area contributed by atoms with Crippen LogP contribution in [0.2, 0.25) is 0 Å². The van der Waals surface area contributed by atoms with Crippen LogP contribution in [0.25, 0.3) is 0 Å². The topological polar surface area (TPSA) is 93.7 Å². The Labute approximate surface area is 151 Å². The van der Waals surface area contributed by atoms with Crippen LogP contribution in [0, 0.1) is 0 Å². The number of rotatable bonds is 7. The first-order valence-corrected chi connectivity index (χ1v) is 7.90. The molecule has 7 heteroatoms. The molecule has 2 aromatic carbocycles. The molecule has 0 saturated heterocycles. The Morgan fingerprint density at radius 3 is 2.38 bits per heavy atom. The van der Waals surface area contributed by atoms with E-state index < -0.39 is 18.5 Å². The van der Waals surface area contributed by atoms with Gasteiger partial charge in [-0.05, 0) is 35.9 Å². The zero-order valence-electron chi connectivity index (χ0n) is 14.6. The molecule has 0 aromatic heterocycles. The zero-order chi connectivity index (χ0) is 18.9. The molecule has 0 bridgehead atoms. The average molecular weight is 356 g/mol. The lowest BCUT2D eigenvalue weighted by atomic mass is 10.1. The van der Waals surface area contributed by atoms with Gasteiger partial charge in [0.2, 0.25) is 0 Å². The van der Waals surface area contributed by atoms with Crippen molar-refractivity contribution >= 4 is 23.5 Å². The normalized spacial score (nSPS) is 10.1. The highest BCUT2D eigenvalue weighted by Crippen LogP contribution is 2.11. The fraction of sp³-hybridized carbons (Fsp3) is 0.211.